The minimum absolute atomic E-state index is 0.0775. The number of fused-ring (bicyclic) bond motifs is 1. The molecule has 3 rings (SSSR count). The molecule has 2 heterocycles. The van der Waals surface area contributed by atoms with Crippen molar-refractivity contribution in [2.45, 2.75) is 77.5 Å². The molecule has 2 aliphatic rings. The number of benzene rings is 1. The van der Waals surface area contributed by atoms with Crippen molar-refractivity contribution < 1.29 is 19.1 Å². The molecule has 0 spiro atoms. The Morgan fingerprint density at radius 2 is 2.03 bits per heavy atom. The van der Waals surface area contributed by atoms with Crippen molar-refractivity contribution in [3.8, 4) is 5.75 Å². The van der Waals surface area contributed by atoms with Crippen LogP contribution in [0, 0.1) is 0 Å². The van der Waals surface area contributed by atoms with Crippen LogP contribution in [0.1, 0.15) is 61.9 Å². The SMILES string of the molecule is CCCCC(Oc1ccc2c(c1)CN(C1CCC(=O)NC1=O)C2=O)C(C)N.[B]C. The molecule has 0 aliphatic carbocycles. The molecule has 3 unspecified atom stereocenters. The lowest BCUT2D eigenvalue weighted by Crippen LogP contribution is -2.52. The average Bonchev–Trinajstić information content (AvgIpc) is 3.02. The molecule has 3 amide bonds. The number of piperidine rings is 1. The first kappa shape index (κ1) is 22.9. The lowest BCUT2D eigenvalue weighted by Gasteiger charge is -2.29. The second kappa shape index (κ2) is 10.4. The zero-order valence-corrected chi connectivity index (χ0v) is 17.4. The van der Waals surface area contributed by atoms with Crippen molar-refractivity contribution >= 4 is 25.6 Å². The predicted octanol–water partition coefficient (Wildman–Crippen LogP) is 1.94. The second-order valence-corrected chi connectivity index (χ2v) is 7.38. The van der Waals surface area contributed by atoms with Gasteiger partial charge in [-0.05, 0) is 49.9 Å². The summed E-state index contributed by atoms with van der Waals surface area (Å²) in [4.78, 5) is 37.7. The normalized spacial score (nSPS) is 20.3. The summed E-state index contributed by atoms with van der Waals surface area (Å²) in [5.41, 5.74) is 7.46. The van der Waals surface area contributed by atoms with E-state index < -0.39 is 11.9 Å². The Balaban J connectivity index is 0.00000145. The van der Waals surface area contributed by atoms with E-state index in [4.69, 9.17) is 10.5 Å². The van der Waals surface area contributed by atoms with E-state index in [9.17, 15) is 14.4 Å². The van der Waals surface area contributed by atoms with Crippen molar-refractivity contribution in [3.63, 3.8) is 0 Å². The van der Waals surface area contributed by atoms with E-state index in [1.165, 1.54) is 11.7 Å². The number of carbonyl (C=O) groups is 3. The van der Waals surface area contributed by atoms with Crippen molar-refractivity contribution in [3.05, 3.63) is 29.3 Å². The highest BCUT2D eigenvalue weighted by molar-refractivity contribution is 6.05. The summed E-state index contributed by atoms with van der Waals surface area (Å²) in [5, 5.41) is 2.31. The third-order valence-corrected chi connectivity index (χ3v) is 5.21. The molecule has 0 saturated carbocycles. The molecule has 156 valence electrons. The Morgan fingerprint density at radius 3 is 2.66 bits per heavy atom. The van der Waals surface area contributed by atoms with Crippen LogP contribution in [0.15, 0.2) is 18.2 Å². The summed E-state index contributed by atoms with van der Waals surface area (Å²) >= 11 is 0. The Hall–Kier alpha value is -2.35. The van der Waals surface area contributed by atoms with Crippen LogP contribution in [0.4, 0.5) is 0 Å². The molecule has 2 aliphatic heterocycles. The van der Waals surface area contributed by atoms with Crippen LogP contribution < -0.4 is 15.8 Å². The molecular formula is C21H30BN3O4. The minimum atomic E-state index is -0.603. The van der Waals surface area contributed by atoms with E-state index >= 15 is 0 Å². The first-order chi connectivity index (χ1) is 13.9. The number of hydrogen-bond donors (Lipinski definition) is 2. The van der Waals surface area contributed by atoms with Gasteiger partial charge in [-0.1, -0.05) is 20.2 Å². The van der Waals surface area contributed by atoms with Gasteiger partial charge in [0.25, 0.3) is 5.91 Å². The second-order valence-electron chi connectivity index (χ2n) is 7.38. The Morgan fingerprint density at radius 1 is 1.31 bits per heavy atom. The summed E-state index contributed by atoms with van der Waals surface area (Å²) < 4.78 is 6.08. The highest BCUT2D eigenvalue weighted by Crippen LogP contribution is 2.30. The number of ether oxygens (including phenoxy) is 1. The zero-order valence-electron chi connectivity index (χ0n) is 17.4. The Bertz CT molecular complexity index is 753. The first-order valence-electron chi connectivity index (χ1n) is 10.2. The van der Waals surface area contributed by atoms with E-state index in [0.717, 1.165) is 24.8 Å². The zero-order chi connectivity index (χ0) is 21.6. The van der Waals surface area contributed by atoms with E-state index in [1.54, 1.807) is 12.1 Å². The van der Waals surface area contributed by atoms with Crippen LogP contribution in [-0.4, -0.2) is 48.7 Å². The van der Waals surface area contributed by atoms with Crippen LogP contribution in [-0.2, 0) is 16.1 Å². The smallest absolute Gasteiger partial charge is 0.255 e. The summed E-state index contributed by atoms with van der Waals surface area (Å²) in [5.74, 6) is -0.184. The van der Waals surface area contributed by atoms with Gasteiger partial charge in [0, 0.05) is 24.6 Å². The van der Waals surface area contributed by atoms with E-state index in [1.807, 2.05) is 13.0 Å². The molecule has 1 fully saturated rings. The maximum atomic E-state index is 12.7. The highest BCUT2D eigenvalue weighted by Gasteiger charge is 2.39. The number of carbonyl (C=O) groups excluding carboxylic acids is 3. The fourth-order valence-corrected chi connectivity index (χ4v) is 3.63. The van der Waals surface area contributed by atoms with E-state index in [-0.39, 0.29) is 30.4 Å². The van der Waals surface area contributed by atoms with Gasteiger partial charge in [-0.2, -0.15) is 0 Å². The topological polar surface area (TPSA) is 102 Å². The van der Waals surface area contributed by atoms with Gasteiger partial charge in [0.05, 0.1) is 7.85 Å². The molecule has 8 heteroatoms. The fourth-order valence-electron chi connectivity index (χ4n) is 3.63. The van der Waals surface area contributed by atoms with Crippen LogP contribution in [0.5, 0.6) is 5.75 Å². The standard InChI is InChI=1S/C20H27N3O4.CH3B/c1-3-4-5-17(12(2)21)27-14-6-7-15-13(10-14)11-23(20(15)26)16-8-9-18(24)22-19(16)25;1-2/h6-7,10,12,16-17H,3-5,8-9,11,21H2,1-2H3,(H,22,24,25);1H3. The summed E-state index contributed by atoms with van der Waals surface area (Å²) in [7, 11) is 4.50. The molecule has 2 radical (unpaired) electrons. The molecular weight excluding hydrogens is 369 g/mol. The third kappa shape index (κ3) is 5.38. The van der Waals surface area contributed by atoms with Crippen LogP contribution in [0.2, 0.25) is 6.82 Å². The number of amides is 3. The number of hydrogen-bond acceptors (Lipinski definition) is 5. The number of imide groups is 1. The van der Waals surface area contributed by atoms with Crippen LogP contribution in [0.25, 0.3) is 0 Å². The van der Waals surface area contributed by atoms with Crippen molar-refractivity contribution in [2.75, 3.05) is 0 Å². The van der Waals surface area contributed by atoms with Gasteiger partial charge >= 0.3 is 0 Å². The van der Waals surface area contributed by atoms with Crippen LogP contribution >= 0.6 is 0 Å². The summed E-state index contributed by atoms with van der Waals surface area (Å²) in [6.45, 7) is 5.90. The Kier molecular flexibility index (Phi) is 8.26. The predicted molar refractivity (Wildman–Crippen MR) is 112 cm³/mol. The van der Waals surface area contributed by atoms with Gasteiger partial charge in [-0.25, -0.2) is 0 Å². The number of nitrogens with two attached hydrogens (primary N) is 1. The summed E-state index contributed by atoms with van der Waals surface area (Å²) in [6.07, 6.45) is 3.53. The number of nitrogens with zero attached hydrogens (tertiary/aromatic N) is 1. The molecule has 0 aromatic heterocycles. The molecule has 1 aromatic rings. The molecule has 3 atom stereocenters. The monoisotopic (exact) mass is 399 g/mol. The maximum absolute atomic E-state index is 12.7. The number of rotatable bonds is 7. The molecule has 3 N–H and O–H groups in total. The van der Waals surface area contributed by atoms with Gasteiger partial charge in [-0.15, -0.1) is 0 Å². The lowest BCUT2D eigenvalue weighted by atomic mass is 10.0. The molecule has 0 bridgehead atoms. The largest absolute Gasteiger partial charge is 0.489 e. The molecule has 1 aromatic carbocycles. The fraction of sp³-hybridized carbons (Fsp3) is 0.571. The number of unbranched alkanes of at least 4 members (excludes halogenated alkanes) is 1. The van der Waals surface area contributed by atoms with Crippen molar-refractivity contribution in [1.29, 1.82) is 0 Å². The van der Waals surface area contributed by atoms with Gasteiger partial charge in [0.2, 0.25) is 11.8 Å². The Labute approximate surface area is 173 Å². The van der Waals surface area contributed by atoms with E-state index in [0.29, 0.717) is 24.3 Å². The van der Waals surface area contributed by atoms with Crippen LogP contribution in [0.3, 0.4) is 0 Å². The maximum Gasteiger partial charge on any atom is 0.255 e. The average molecular weight is 399 g/mol. The molecule has 1 saturated heterocycles. The lowest BCUT2D eigenvalue weighted by molar-refractivity contribution is -0.136. The third-order valence-electron chi connectivity index (χ3n) is 5.21. The summed E-state index contributed by atoms with van der Waals surface area (Å²) in [6, 6.07) is 4.70. The van der Waals surface area contributed by atoms with Gasteiger partial charge < -0.3 is 15.4 Å². The van der Waals surface area contributed by atoms with Gasteiger partial charge in [-0.3, -0.25) is 19.7 Å². The molecule has 29 heavy (non-hydrogen) atoms. The van der Waals surface area contributed by atoms with E-state index in [2.05, 4.69) is 20.1 Å². The van der Waals surface area contributed by atoms with Crippen molar-refractivity contribution in [1.82, 2.24) is 10.2 Å². The molecule has 7 nitrogen and oxygen atoms in total. The number of nitrogens with one attached hydrogen (secondary N) is 1. The van der Waals surface area contributed by atoms with Crippen molar-refractivity contribution in [2.24, 2.45) is 5.73 Å². The quantitative estimate of drug-likeness (QED) is 0.539. The highest BCUT2D eigenvalue weighted by atomic mass is 16.5. The first-order valence-corrected chi connectivity index (χ1v) is 10.2. The van der Waals surface area contributed by atoms with Gasteiger partial charge in [0.15, 0.2) is 0 Å². The van der Waals surface area contributed by atoms with Gasteiger partial charge in [0.1, 0.15) is 17.9 Å². The minimum Gasteiger partial charge on any atom is -0.489 e.